The van der Waals surface area contributed by atoms with E-state index in [1.165, 1.54) is 5.56 Å². The maximum atomic E-state index is 12.8. The van der Waals surface area contributed by atoms with Gasteiger partial charge in [-0.3, -0.25) is 9.69 Å². The number of nitrogens with zero attached hydrogens (tertiary/aromatic N) is 2. The van der Waals surface area contributed by atoms with Gasteiger partial charge < -0.3 is 15.0 Å². The van der Waals surface area contributed by atoms with Crippen LogP contribution >= 0.6 is 24.8 Å². The Balaban J connectivity index is 0.00000156. The van der Waals surface area contributed by atoms with Crippen molar-refractivity contribution >= 4 is 30.7 Å². The predicted octanol–water partition coefficient (Wildman–Crippen LogP) is 2.18. The molecule has 2 aliphatic heterocycles. The molecule has 0 spiro atoms. The van der Waals surface area contributed by atoms with Crippen molar-refractivity contribution in [2.75, 3.05) is 39.4 Å². The molecule has 1 N–H and O–H groups in total. The molecule has 1 aromatic rings. The van der Waals surface area contributed by atoms with Crippen LogP contribution in [0.3, 0.4) is 0 Å². The zero-order chi connectivity index (χ0) is 16.2. The highest BCUT2D eigenvalue weighted by atomic mass is 35.5. The van der Waals surface area contributed by atoms with Crippen molar-refractivity contribution in [2.24, 2.45) is 0 Å². The second-order valence-corrected chi connectivity index (χ2v) is 6.77. The molecule has 5 nitrogen and oxygen atoms in total. The van der Waals surface area contributed by atoms with Gasteiger partial charge >= 0.3 is 0 Å². The van der Waals surface area contributed by atoms with Crippen molar-refractivity contribution in [3.8, 4) is 0 Å². The highest BCUT2D eigenvalue weighted by Crippen LogP contribution is 2.14. The molecule has 1 aromatic carbocycles. The molecule has 0 aliphatic carbocycles. The fraction of sp³-hybridized carbons (Fsp3) is 0.611. The Morgan fingerprint density at radius 3 is 2.44 bits per heavy atom. The third-order valence-electron chi connectivity index (χ3n) is 4.53. The molecule has 142 valence electrons. The average molecular weight is 390 g/mol. The monoisotopic (exact) mass is 389 g/mol. The Kier molecular flexibility index (Phi) is 9.17. The summed E-state index contributed by atoms with van der Waals surface area (Å²) < 4.78 is 5.39. The molecule has 2 unspecified atom stereocenters. The van der Waals surface area contributed by atoms with E-state index >= 15 is 0 Å². The van der Waals surface area contributed by atoms with Gasteiger partial charge in [-0.15, -0.1) is 24.8 Å². The Morgan fingerprint density at radius 1 is 1.16 bits per heavy atom. The SMILES string of the molecule is CC1CN(C(=O)c2cccc(CN3CCOCC3)c2)CC(C)N1.Cl.Cl. The fourth-order valence-electron chi connectivity index (χ4n) is 3.50. The Bertz CT molecular complexity index is 543. The summed E-state index contributed by atoms with van der Waals surface area (Å²) in [6.07, 6.45) is 0. The summed E-state index contributed by atoms with van der Waals surface area (Å²) in [5, 5.41) is 3.47. The summed E-state index contributed by atoms with van der Waals surface area (Å²) in [5.74, 6) is 0.147. The van der Waals surface area contributed by atoms with Crippen LogP contribution in [-0.4, -0.2) is 67.2 Å². The first-order chi connectivity index (χ1) is 11.1. The van der Waals surface area contributed by atoms with E-state index in [2.05, 4.69) is 36.2 Å². The Hall–Kier alpha value is -0.850. The van der Waals surface area contributed by atoms with E-state index < -0.39 is 0 Å². The zero-order valence-electron chi connectivity index (χ0n) is 14.9. The molecular formula is C18H29Cl2N3O2. The van der Waals surface area contributed by atoms with Gasteiger partial charge in [0, 0.05) is 50.4 Å². The number of morpholine rings is 1. The lowest BCUT2D eigenvalue weighted by Crippen LogP contribution is -2.55. The van der Waals surface area contributed by atoms with Crippen LogP contribution in [0, 0.1) is 0 Å². The second kappa shape index (κ2) is 10.3. The summed E-state index contributed by atoms with van der Waals surface area (Å²) >= 11 is 0. The van der Waals surface area contributed by atoms with Crippen LogP contribution in [0.25, 0.3) is 0 Å². The number of halogens is 2. The van der Waals surface area contributed by atoms with Crippen LogP contribution in [-0.2, 0) is 11.3 Å². The largest absolute Gasteiger partial charge is 0.379 e. The van der Waals surface area contributed by atoms with E-state index in [0.717, 1.165) is 51.5 Å². The van der Waals surface area contributed by atoms with Crippen LogP contribution in [0.5, 0.6) is 0 Å². The van der Waals surface area contributed by atoms with Crippen LogP contribution in [0.1, 0.15) is 29.8 Å². The molecule has 2 heterocycles. The third-order valence-corrected chi connectivity index (χ3v) is 4.53. The number of nitrogens with one attached hydrogen (secondary N) is 1. The fourth-order valence-corrected chi connectivity index (χ4v) is 3.50. The number of hydrogen-bond acceptors (Lipinski definition) is 4. The Labute approximate surface area is 162 Å². The third kappa shape index (κ3) is 6.12. The maximum absolute atomic E-state index is 12.8. The number of piperazine rings is 1. The van der Waals surface area contributed by atoms with Gasteiger partial charge in [0.2, 0.25) is 0 Å². The predicted molar refractivity (Wildman–Crippen MR) is 105 cm³/mol. The van der Waals surface area contributed by atoms with Gasteiger partial charge in [0.25, 0.3) is 5.91 Å². The van der Waals surface area contributed by atoms with E-state index in [1.54, 1.807) is 0 Å². The van der Waals surface area contributed by atoms with Crippen molar-refractivity contribution in [2.45, 2.75) is 32.5 Å². The quantitative estimate of drug-likeness (QED) is 0.860. The number of carbonyl (C=O) groups excluding carboxylic acids is 1. The molecular weight excluding hydrogens is 361 g/mol. The maximum Gasteiger partial charge on any atom is 0.253 e. The molecule has 2 fully saturated rings. The molecule has 0 bridgehead atoms. The van der Waals surface area contributed by atoms with Gasteiger partial charge in [0.15, 0.2) is 0 Å². The first kappa shape index (κ1) is 22.2. The molecule has 7 heteroatoms. The summed E-state index contributed by atoms with van der Waals surface area (Å²) in [6, 6.07) is 8.78. The molecule has 0 saturated carbocycles. The lowest BCUT2D eigenvalue weighted by Gasteiger charge is -2.36. The average Bonchev–Trinajstić information content (AvgIpc) is 2.54. The molecule has 0 radical (unpaired) electrons. The topological polar surface area (TPSA) is 44.8 Å². The van der Waals surface area contributed by atoms with Gasteiger partial charge in [0.1, 0.15) is 0 Å². The van der Waals surface area contributed by atoms with E-state index in [4.69, 9.17) is 4.74 Å². The van der Waals surface area contributed by atoms with E-state index in [1.807, 2.05) is 17.0 Å². The first-order valence-electron chi connectivity index (χ1n) is 8.56. The lowest BCUT2D eigenvalue weighted by atomic mass is 10.1. The Morgan fingerprint density at radius 2 is 1.80 bits per heavy atom. The van der Waals surface area contributed by atoms with Gasteiger partial charge in [-0.1, -0.05) is 12.1 Å². The first-order valence-corrected chi connectivity index (χ1v) is 8.56. The number of benzene rings is 1. The van der Waals surface area contributed by atoms with Crippen molar-refractivity contribution in [3.05, 3.63) is 35.4 Å². The number of ether oxygens (including phenoxy) is 1. The second-order valence-electron chi connectivity index (χ2n) is 6.77. The van der Waals surface area contributed by atoms with Crippen molar-refractivity contribution in [3.63, 3.8) is 0 Å². The van der Waals surface area contributed by atoms with Crippen LogP contribution in [0.2, 0.25) is 0 Å². The van der Waals surface area contributed by atoms with Gasteiger partial charge in [0.05, 0.1) is 13.2 Å². The molecule has 2 atom stereocenters. The molecule has 3 rings (SSSR count). The summed E-state index contributed by atoms with van der Waals surface area (Å²) in [6.45, 7) is 10.2. The summed E-state index contributed by atoms with van der Waals surface area (Å²) in [5.41, 5.74) is 2.01. The molecule has 2 aliphatic rings. The van der Waals surface area contributed by atoms with Crippen LogP contribution in [0.15, 0.2) is 24.3 Å². The normalized spacial score (nSPS) is 24.2. The van der Waals surface area contributed by atoms with Crippen LogP contribution < -0.4 is 5.32 Å². The number of hydrogen-bond donors (Lipinski definition) is 1. The smallest absolute Gasteiger partial charge is 0.253 e. The highest BCUT2D eigenvalue weighted by Gasteiger charge is 2.25. The number of rotatable bonds is 3. The van der Waals surface area contributed by atoms with Gasteiger partial charge in [-0.05, 0) is 31.5 Å². The van der Waals surface area contributed by atoms with Crippen molar-refractivity contribution in [1.29, 1.82) is 0 Å². The number of carbonyl (C=O) groups is 1. The minimum atomic E-state index is 0. The highest BCUT2D eigenvalue weighted by molar-refractivity contribution is 5.94. The van der Waals surface area contributed by atoms with Crippen molar-refractivity contribution < 1.29 is 9.53 Å². The molecule has 2 saturated heterocycles. The molecule has 0 aromatic heterocycles. The molecule has 25 heavy (non-hydrogen) atoms. The molecule has 1 amide bonds. The lowest BCUT2D eigenvalue weighted by molar-refractivity contribution is 0.0341. The van der Waals surface area contributed by atoms with E-state index in [9.17, 15) is 4.79 Å². The van der Waals surface area contributed by atoms with E-state index in [-0.39, 0.29) is 30.7 Å². The zero-order valence-corrected chi connectivity index (χ0v) is 16.6. The standard InChI is InChI=1S/C18H27N3O2.2ClH/c1-14-11-21(12-15(2)19-14)18(22)17-5-3-4-16(10-17)13-20-6-8-23-9-7-20;;/h3-5,10,14-15,19H,6-9,11-13H2,1-2H3;2*1H. The minimum absolute atomic E-state index is 0. The van der Waals surface area contributed by atoms with Gasteiger partial charge in [-0.2, -0.15) is 0 Å². The van der Waals surface area contributed by atoms with Crippen LogP contribution in [0.4, 0.5) is 0 Å². The van der Waals surface area contributed by atoms with Crippen molar-refractivity contribution in [1.82, 2.24) is 15.1 Å². The summed E-state index contributed by atoms with van der Waals surface area (Å²) in [7, 11) is 0. The van der Waals surface area contributed by atoms with Gasteiger partial charge in [-0.25, -0.2) is 0 Å². The minimum Gasteiger partial charge on any atom is -0.379 e. The summed E-state index contributed by atoms with van der Waals surface area (Å²) in [4.78, 5) is 17.1. The van der Waals surface area contributed by atoms with E-state index in [0.29, 0.717) is 12.1 Å². The number of amides is 1.